The van der Waals surface area contributed by atoms with Crippen LogP contribution in [0.4, 0.5) is 5.95 Å². The highest BCUT2D eigenvalue weighted by atomic mass is 32.2. The van der Waals surface area contributed by atoms with Crippen molar-refractivity contribution in [2.45, 2.75) is 31.9 Å². The lowest BCUT2D eigenvalue weighted by molar-refractivity contribution is 0.103. The van der Waals surface area contributed by atoms with Gasteiger partial charge in [0, 0.05) is 5.57 Å². The average molecular weight is 346 g/mol. The van der Waals surface area contributed by atoms with Gasteiger partial charge in [-0.05, 0) is 38.8 Å². The van der Waals surface area contributed by atoms with Crippen LogP contribution in [-0.2, 0) is 10.0 Å². The zero-order chi connectivity index (χ0) is 17.5. The fourth-order valence-electron chi connectivity index (χ4n) is 2.47. The third-order valence-electron chi connectivity index (χ3n) is 3.83. The first-order valence-corrected chi connectivity index (χ1v) is 9.13. The minimum Gasteiger partial charge on any atom is -0.368 e. The van der Waals surface area contributed by atoms with E-state index in [2.05, 4.69) is 9.97 Å². The molecule has 0 spiro atoms. The third-order valence-corrected chi connectivity index (χ3v) is 5.89. The topological polar surface area (TPSA) is 108 Å². The highest BCUT2D eigenvalue weighted by Gasteiger charge is 2.26. The van der Waals surface area contributed by atoms with Crippen molar-refractivity contribution in [1.82, 2.24) is 13.9 Å². The summed E-state index contributed by atoms with van der Waals surface area (Å²) in [6, 6.07) is 3.10. The lowest BCUT2D eigenvalue weighted by atomic mass is 10.0. The van der Waals surface area contributed by atoms with Gasteiger partial charge in [-0.3, -0.25) is 4.79 Å². The van der Waals surface area contributed by atoms with Gasteiger partial charge in [-0.1, -0.05) is 18.2 Å². The summed E-state index contributed by atoms with van der Waals surface area (Å²) in [7, 11) is -3.73. The number of aromatic nitrogens is 3. The second kappa shape index (κ2) is 5.86. The molecule has 0 unspecified atom stereocenters. The number of ketones is 1. The van der Waals surface area contributed by atoms with E-state index in [-0.39, 0.29) is 23.1 Å². The molecule has 0 aliphatic heterocycles. The fraction of sp³-hybridized carbons (Fsp3) is 0.312. The predicted octanol–water partition coefficient (Wildman–Crippen LogP) is 2.06. The van der Waals surface area contributed by atoms with E-state index in [1.54, 1.807) is 26.0 Å². The standard InChI is InChI=1S/C16H18N4O3S/c1-10(2)24(22,23)20-15-13(19-16(20)17)9-8-12(18-15)14(21)11-6-4-3-5-7-11/h4,6-10H,3,5H2,1-2H3,(H2,17,19). The first-order valence-electron chi connectivity index (χ1n) is 7.63. The van der Waals surface area contributed by atoms with Crippen LogP contribution >= 0.6 is 0 Å². The summed E-state index contributed by atoms with van der Waals surface area (Å²) in [6.45, 7) is 3.10. The number of rotatable bonds is 4. The van der Waals surface area contributed by atoms with E-state index in [1.807, 2.05) is 12.2 Å². The zero-order valence-electron chi connectivity index (χ0n) is 13.4. The molecule has 0 aromatic carbocycles. The molecule has 0 radical (unpaired) electrons. The SMILES string of the molecule is CC(C)S(=O)(=O)n1c(N)nc2ccc(C(=O)C3=CCCC=C3)nc21. The second-order valence-corrected chi connectivity index (χ2v) is 8.17. The van der Waals surface area contributed by atoms with Crippen molar-refractivity contribution in [1.29, 1.82) is 0 Å². The quantitative estimate of drug-likeness (QED) is 0.849. The number of carbonyl (C=O) groups excluding carboxylic acids is 1. The largest absolute Gasteiger partial charge is 0.368 e. The smallest absolute Gasteiger partial charge is 0.245 e. The van der Waals surface area contributed by atoms with Gasteiger partial charge in [0.2, 0.25) is 21.8 Å². The Morgan fingerprint density at radius 2 is 2.00 bits per heavy atom. The number of nitrogens with two attached hydrogens (primary N) is 1. The van der Waals surface area contributed by atoms with Gasteiger partial charge in [-0.2, -0.15) is 3.97 Å². The van der Waals surface area contributed by atoms with E-state index in [9.17, 15) is 13.2 Å². The van der Waals surface area contributed by atoms with Crippen molar-refractivity contribution < 1.29 is 13.2 Å². The van der Waals surface area contributed by atoms with Gasteiger partial charge in [0.1, 0.15) is 11.2 Å². The Balaban J connectivity index is 2.16. The van der Waals surface area contributed by atoms with Crippen LogP contribution in [0.15, 0.2) is 35.9 Å². The van der Waals surface area contributed by atoms with Crippen molar-refractivity contribution in [2.24, 2.45) is 0 Å². The molecule has 0 amide bonds. The summed E-state index contributed by atoms with van der Waals surface area (Å²) in [5.74, 6) is -0.409. The summed E-state index contributed by atoms with van der Waals surface area (Å²) in [4.78, 5) is 20.8. The number of hydrogen-bond donors (Lipinski definition) is 1. The summed E-state index contributed by atoms with van der Waals surface area (Å²) in [5.41, 5.74) is 6.90. The fourth-order valence-corrected chi connectivity index (χ4v) is 3.57. The third kappa shape index (κ3) is 2.62. The van der Waals surface area contributed by atoms with Gasteiger partial charge in [0.05, 0.1) is 5.25 Å². The van der Waals surface area contributed by atoms with E-state index in [4.69, 9.17) is 5.73 Å². The summed E-state index contributed by atoms with van der Waals surface area (Å²) >= 11 is 0. The van der Waals surface area contributed by atoms with Crippen molar-refractivity contribution in [3.05, 3.63) is 41.6 Å². The Hall–Kier alpha value is -2.48. The second-order valence-electron chi connectivity index (χ2n) is 5.84. The number of pyridine rings is 1. The molecule has 24 heavy (non-hydrogen) atoms. The van der Waals surface area contributed by atoms with Crippen LogP contribution in [0.2, 0.25) is 0 Å². The van der Waals surface area contributed by atoms with Crippen LogP contribution in [0, 0.1) is 0 Å². The van der Waals surface area contributed by atoms with Gasteiger partial charge in [0.25, 0.3) is 0 Å². The maximum atomic E-state index is 12.6. The first-order chi connectivity index (χ1) is 11.3. The Kier molecular flexibility index (Phi) is 4.00. The van der Waals surface area contributed by atoms with E-state index in [0.717, 1.165) is 16.8 Å². The van der Waals surface area contributed by atoms with Crippen LogP contribution in [0.1, 0.15) is 37.2 Å². The number of imidazole rings is 1. The molecule has 126 valence electrons. The number of allylic oxidation sites excluding steroid dienone is 4. The Labute approximate surface area is 139 Å². The molecule has 2 N–H and O–H groups in total. The maximum absolute atomic E-state index is 12.6. The number of carbonyl (C=O) groups is 1. The minimum atomic E-state index is -3.73. The molecular formula is C16H18N4O3S. The number of nitrogens with zero attached hydrogens (tertiary/aromatic N) is 3. The van der Waals surface area contributed by atoms with Crippen molar-refractivity contribution in [3.8, 4) is 0 Å². The predicted molar refractivity (Wildman–Crippen MR) is 92.2 cm³/mol. The molecule has 0 bridgehead atoms. The van der Waals surface area contributed by atoms with Crippen molar-refractivity contribution in [3.63, 3.8) is 0 Å². The molecule has 0 fully saturated rings. The number of anilines is 1. The van der Waals surface area contributed by atoms with Gasteiger partial charge in [-0.25, -0.2) is 18.4 Å². The van der Waals surface area contributed by atoms with Crippen molar-refractivity contribution in [2.75, 3.05) is 5.73 Å². The lowest BCUT2D eigenvalue weighted by Gasteiger charge is -2.11. The van der Waals surface area contributed by atoms with Gasteiger partial charge in [-0.15, -0.1) is 0 Å². The Morgan fingerprint density at radius 1 is 1.25 bits per heavy atom. The highest BCUT2D eigenvalue weighted by molar-refractivity contribution is 7.90. The number of Topliss-reactive ketones (excluding diaryl/α,β-unsaturated/α-hetero) is 1. The molecule has 2 aromatic rings. The van der Waals surface area contributed by atoms with E-state index in [0.29, 0.717) is 11.1 Å². The summed E-state index contributed by atoms with van der Waals surface area (Å²) in [6.07, 6.45) is 7.24. The zero-order valence-corrected chi connectivity index (χ0v) is 14.2. The van der Waals surface area contributed by atoms with Gasteiger partial charge < -0.3 is 5.73 Å². The highest BCUT2D eigenvalue weighted by Crippen LogP contribution is 2.22. The molecule has 0 saturated carbocycles. The van der Waals surface area contributed by atoms with E-state index in [1.165, 1.54) is 6.07 Å². The molecule has 3 rings (SSSR count). The van der Waals surface area contributed by atoms with Crippen LogP contribution in [-0.4, -0.2) is 33.4 Å². The van der Waals surface area contributed by atoms with E-state index >= 15 is 0 Å². The Morgan fingerprint density at radius 3 is 2.62 bits per heavy atom. The molecule has 1 aliphatic rings. The molecule has 7 nitrogen and oxygen atoms in total. The molecule has 2 heterocycles. The number of fused-ring (bicyclic) bond motifs is 1. The molecule has 1 aliphatic carbocycles. The molecular weight excluding hydrogens is 328 g/mol. The lowest BCUT2D eigenvalue weighted by Crippen LogP contribution is -2.24. The van der Waals surface area contributed by atoms with Crippen LogP contribution < -0.4 is 5.73 Å². The normalized spacial score (nSPS) is 15.0. The van der Waals surface area contributed by atoms with Gasteiger partial charge in [0.15, 0.2) is 5.65 Å². The van der Waals surface area contributed by atoms with Crippen LogP contribution in [0.3, 0.4) is 0 Å². The average Bonchev–Trinajstić information content (AvgIpc) is 2.90. The molecule has 8 heteroatoms. The summed E-state index contributed by atoms with van der Waals surface area (Å²) in [5, 5.41) is -0.692. The molecule has 2 aromatic heterocycles. The van der Waals surface area contributed by atoms with E-state index < -0.39 is 15.3 Å². The van der Waals surface area contributed by atoms with Crippen LogP contribution in [0.5, 0.6) is 0 Å². The van der Waals surface area contributed by atoms with Crippen LogP contribution in [0.25, 0.3) is 11.2 Å². The number of nitrogen functional groups attached to an aromatic ring is 1. The monoisotopic (exact) mass is 346 g/mol. The molecule has 0 atom stereocenters. The Bertz CT molecular complexity index is 984. The summed E-state index contributed by atoms with van der Waals surface area (Å²) < 4.78 is 25.9. The number of hydrogen-bond acceptors (Lipinski definition) is 6. The molecule has 0 saturated heterocycles. The maximum Gasteiger partial charge on any atom is 0.245 e. The van der Waals surface area contributed by atoms with Gasteiger partial charge >= 0.3 is 0 Å². The first kappa shape index (κ1) is 16.4. The van der Waals surface area contributed by atoms with Crippen molar-refractivity contribution >= 4 is 32.9 Å². The minimum absolute atomic E-state index is 0.0763.